The maximum atomic E-state index is 2.75. The van der Waals surface area contributed by atoms with Crippen molar-refractivity contribution in [2.45, 2.75) is 31.2 Å². The summed E-state index contributed by atoms with van der Waals surface area (Å²) in [4.78, 5) is 5.47. The lowest BCUT2D eigenvalue weighted by Crippen LogP contribution is -2.38. The lowest BCUT2D eigenvalue weighted by molar-refractivity contribution is 0.177. The van der Waals surface area contributed by atoms with Gasteiger partial charge in [-0.2, -0.15) is 11.3 Å². The first-order valence-electron chi connectivity index (χ1n) is 12.8. The van der Waals surface area contributed by atoms with Crippen molar-refractivity contribution in [3.63, 3.8) is 0 Å². The van der Waals surface area contributed by atoms with Gasteiger partial charge in [-0.25, -0.2) is 0 Å². The molecule has 0 aliphatic carbocycles. The van der Waals surface area contributed by atoms with E-state index in [2.05, 4.69) is 99.4 Å². The molecule has 34 heavy (non-hydrogen) atoms. The summed E-state index contributed by atoms with van der Waals surface area (Å²) in [5.74, 6) is 2.09. The van der Waals surface area contributed by atoms with Gasteiger partial charge in [0.1, 0.15) is 0 Å². The topological polar surface area (TPSA) is 6.48 Å². The van der Waals surface area contributed by atoms with Crippen LogP contribution in [0.25, 0.3) is 10.8 Å². The van der Waals surface area contributed by atoms with E-state index in [1.165, 1.54) is 67.5 Å². The fourth-order valence-electron chi connectivity index (χ4n) is 6.32. The fraction of sp³-hybridized carbons (Fsp3) is 0.355. The summed E-state index contributed by atoms with van der Waals surface area (Å²) in [7, 11) is 0. The Bertz CT molecular complexity index is 1190. The Morgan fingerprint density at radius 2 is 1.53 bits per heavy atom. The molecule has 0 saturated carbocycles. The fourth-order valence-corrected chi connectivity index (χ4v) is 7.04. The highest BCUT2D eigenvalue weighted by Gasteiger charge is 2.36. The summed E-state index contributed by atoms with van der Waals surface area (Å²) in [5, 5.41) is 7.40. The zero-order valence-electron chi connectivity index (χ0n) is 19.9. The highest BCUT2D eigenvalue weighted by atomic mass is 32.1. The molecule has 6 rings (SSSR count). The summed E-state index contributed by atoms with van der Waals surface area (Å²) in [5.41, 5.74) is 4.54. The summed E-state index contributed by atoms with van der Waals surface area (Å²) in [6.45, 7) is 7.11. The third-order valence-corrected chi connectivity index (χ3v) is 8.81. The highest BCUT2D eigenvalue weighted by molar-refractivity contribution is 7.08. The molecule has 4 aromatic rings. The summed E-state index contributed by atoms with van der Waals surface area (Å²) in [6, 6.07) is 29.1. The van der Waals surface area contributed by atoms with Crippen LogP contribution >= 0.6 is 11.3 Å². The average molecular weight is 467 g/mol. The molecule has 3 aromatic carbocycles. The highest BCUT2D eigenvalue weighted by Crippen LogP contribution is 2.37. The van der Waals surface area contributed by atoms with Gasteiger partial charge in [-0.05, 0) is 82.1 Å². The second-order valence-corrected chi connectivity index (χ2v) is 11.0. The Kier molecular flexibility index (Phi) is 6.50. The Hall–Kier alpha value is -2.46. The van der Waals surface area contributed by atoms with Gasteiger partial charge in [0, 0.05) is 32.1 Å². The van der Waals surface area contributed by atoms with Crippen LogP contribution in [-0.4, -0.2) is 42.5 Å². The van der Waals surface area contributed by atoms with Gasteiger partial charge in [0.05, 0.1) is 0 Å². The van der Waals surface area contributed by atoms with Crippen molar-refractivity contribution >= 4 is 22.1 Å². The van der Waals surface area contributed by atoms with Crippen LogP contribution in [0.1, 0.15) is 41.4 Å². The van der Waals surface area contributed by atoms with Crippen LogP contribution in [0.15, 0.2) is 89.6 Å². The molecule has 3 heterocycles. The van der Waals surface area contributed by atoms with Crippen LogP contribution in [0, 0.1) is 5.92 Å². The maximum Gasteiger partial charge on any atom is 0.0240 e. The number of benzene rings is 3. The Morgan fingerprint density at radius 1 is 0.735 bits per heavy atom. The van der Waals surface area contributed by atoms with Crippen molar-refractivity contribution in [3.05, 3.63) is 106 Å². The van der Waals surface area contributed by atoms with E-state index in [1.54, 1.807) is 5.56 Å². The molecule has 2 aliphatic heterocycles. The molecule has 0 N–H and O–H groups in total. The molecule has 2 aliphatic rings. The number of fused-ring (bicyclic) bond motifs is 1. The second kappa shape index (κ2) is 10.0. The standard InChI is InChI=1S/C31H34N2S/c1-2-7-24(8-3-1)25-13-16-32(17-14-25)20-29-21-33(22-31(29)28-15-18-34-23-28)19-27-11-6-10-26-9-4-5-12-30(26)27/h1-12,15,18,23,25,29,31H,13-14,16-17,19-22H2. The van der Waals surface area contributed by atoms with Crippen LogP contribution in [0.3, 0.4) is 0 Å². The van der Waals surface area contributed by atoms with Crippen molar-refractivity contribution in [3.8, 4) is 0 Å². The number of hydrogen-bond donors (Lipinski definition) is 0. The molecule has 0 spiro atoms. The average Bonchev–Trinajstić information content (AvgIpc) is 3.56. The zero-order chi connectivity index (χ0) is 22.7. The maximum absolute atomic E-state index is 2.75. The third-order valence-electron chi connectivity index (χ3n) is 8.11. The molecular formula is C31H34N2S. The molecule has 0 amide bonds. The number of likely N-dealkylation sites (tertiary alicyclic amines) is 2. The minimum Gasteiger partial charge on any atom is -0.303 e. The van der Waals surface area contributed by atoms with Crippen LogP contribution < -0.4 is 0 Å². The number of piperidine rings is 1. The molecule has 0 bridgehead atoms. The minimum absolute atomic E-state index is 0.646. The van der Waals surface area contributed by atoms with E-state index < -0.39 is 0 Å². The normalized spacial score (nSPS) is 22.5. The van der Waals surface area contributed by atoms with Crippen LogP contribution in [0.5, 0.6) is 0 Å². The molecule has 2 nitrogen and oxygen atoms in total. The molecule has 0 radical (unpaired) electrons. The molecule has 3 heteroatoms. The molecule has 2 unspecified atom stereocenters. The molecule has 2 fully saturated rings. The van der Waals surface area contributed by atoms with E-state index in [0.29, 0.717) is 11.8 Å². The quantitative estimate of drug-likeness (QED) is 0.302. The van der Waals surface area contributed by atoms with Crippen molar-refractivity contribution in [2.24, 2.45) is 5.92 Å². The summed E-state index contributed by atoms with van der Waals surface area (Å²) < 4.78 is 0. The van der Waals surface area contributed by atoms with E-state index >= 15 is 0 Å². The second-order valence-electron chi connectivity index (χ2n) is 10.2. The van der Waals surface area contributed by atoms with E-state index in [9.17, 15) is 0 Å². The number of rotatable bonds is 6. The number of hydrogen-bond acceptors (Lipinski definition) is 3. The van der Waals surface area contributed by atoms with E-state index in [-0.39, 0.29) is 0 Å². The first-order valence-corrected chi connectivity index (χ1v) is 13.8. The van der Waals surface area contributed by atoms with Gasteiger partial charge < -0.3 is 4.90 Å². The van der Waals surface area contributed by atoms with E-state index in [1.807, 2.05) is 11.3 Å². The van der Waals surface area contributed by atoms with Gasteiger partial charge in [-0.15, -0.1) is 0 Å². The Labute approximate surface area is 207 Å². The number of nitrogens with zero attached hydrogens (tertiary/aromatic N) is 2. The van der Waals surface area contributed by atoms with Gasteiger partial charge in [0.2, 0.25) is 0 Å². The Balaban J connectivity index is 1.14. The van der Waals surface area contributed by atoms with Crippen LogP contribution in [0.2, 0.25) is 0 Å². The molecule has 174 valence electrons. The van der Waals surface area contributed by atoms with E-state index in [4.69, 9.17) is 0 Å². The van der Waals surface area contributed by atoms with Crippen LogP contribution in [-0.2, 0) is 6.54 Å². The first kappa shape index (κ1) is 22.0. The lowest BCUT2D eigenvalue weighted by atomic mass is 9.87. The van der Waals surface area contributed by atoms with Gasteiger partial charge in [-0.3, -0.25) is 4.90 Å². The minimum atomic E-state index is 0.646. The van der Waals surface area contributed by atoms with Crippen LogP contribution in [0.4, 0.5) is 0 Å². The monoisotopic (exact) mass is 466 g/mol. The lowest BCUT2D eigenvalue weighted by Gasteiger charge is -2.34. The Morgan fingerprint density at radius 3 is 2.35 bits per heavy atom. The molecular weight excluding hydrogens is 432 g/mol. The van der Waals surface area contributed by atoms with Gasteiger partial charge in [0.25, 0.3) is 0 Å². The molecule has 2 saturated heterocycles. The molecule has 1 aromatic heterocycles. The van der Waals surface area contributed by atoms with Crippen molar-refractivity contribution < 1.29 is 0 Å². The molecule has 2 atom stereocenters. The van der Waals surface area contributed by atoms with Gasteiger partial charge in [-0.1, -0.05) is 72.8 Å². The smallest absolute Gasteiger partial charge is 0.0240 e. The predicted octanol–water partition coefficient (Wildman–Crippen LogP) is 7.00. The summed E-state index contributed by atoms with van der Waals surface area (Å²) in [6.07, 6.45) is 2.58. The third kappa shape index (κ3) is 4.70. The summed E-state index contributed by atoms with van der Waals surface area (Å²) >= 11 is 1.85. The van der Waals surface area contributed by atoms with Crippen molar-refractivity contribution in [1.82, 2.24) is 9.80 Å². The van der Waals surface area contributed by atoms with E-state index in [0.717, 1.165) is 12.5 Å². The van der Waals surface area contributed by atoms with Gasteiger partial charge in [0.15, 0.2) is 0 Å². The van der Waals surface area contributed by atoms with Crippen molar-refractivity contribution in [2.75, 3.05) is 32.7 Å². The van der Waals surface area contributed by atoms with Gasteiger partial charge >= 0.3 is 0 Å². The predicted molar refractivity (Wildman–Crippen MR) is 145 cm³/mol. The zero-order valence-corrected chi connectivity index (χ0v) is 20.7. The first-order chi connectivity index (χ1) is 16.8. The van der Waals surface area contributed by atoms with Crippen molar-refractivity contribution in [1.29, 1.82) is 0 Å². The number of thiophene rings is 1. The SMILES string of the molecule is c1ccc(C2CCN(CC3CN(Cc4cccc5ccccc45)CC3c3ccsc3)CC2)cc1. The largest absolute Gasteiger partial charge is 0.303 e.